The first-order valence-electron chi connectivity index (χ1n) is 6.56. The maximum absolute atomic E-state index is 5.68. The van der Waals surface area contributed by atoms with Gasteiger partial charge in [-0.2, -0.15) is 4.37 Å². The van der Waals surface area contributed by atoms with E-state index in [0.29, 0.717) is 5.75 Å². The number of nitrogens with one attached hydrogen (secondary N) is 1. The van der Waals surface area contributed by atoms with Crippen LogP contribution in [0, 0.1) is 0 Å². The molecular weight excluding hydrogens is 274 g/mol. The number of aromatic nitrogens is 2. The molecule has 0 radical (unpaired) electrons. The molecule has 108 valence electrons. The van der Waals surface area contributed by atoms with E-state index in [1.807, 2.05) is 39.0 Å². The van der Waals surface area contributed by atoms with Gasteiger partial charge in [-0.25, -0.2) is 4.98 Å². The Kier molecular flexibility index (Phi) is 4.79. The van der Waals surface area contributed by atoms with Crippen LogP contribution < -0.4 is 14.8 Å². The van der Waals surface area contributed by atoms with Gasteiger partial charge in [-0.05, 0) is 26.0 Å². The molecule has 20 heavy (non-hydrogen) atoms. The lowest BCUT2D eigenvalue weighted by Gasteiger charge is -2.14. The summed E-state index contributed by atoms with van der Waals surface area (Å²) < 4.78 is 15.3. The highest BCUT2D eigenvalue weighted by Gasteiger charge is 2.09. The van der Waals surface area contributed by atoms with Crippen molar-refractivity contribution in [3.8, 4) is 11.5 Å². The van der Waals surface area contributed by atoms with Crippen LogP contribution in [0.5, 0.6) is 11.5 Å². The lowest BCUT2D eigenvalue weighted by atomic mass is 10.2. The first-order chi connectivity index (χ1) is 9.62. The minimum atomic E-state index is 0.109. The van der Waals surface area contributed by atoms with Crippen molar-refractivity contribution in [2.24, 2.45) is 0 Å². The molecule has 0 aliphatic heterocycles. The standard InChI is InChI=1S/C14H19N3O2S/c1-5-13-16-14(20-17-13)15-10-6-7-11(19-9(2)3)12(8-10)18-4/h6-9H,5H2,1-4H3,(H,15,16,17). The summed E-state index contributed by atoms with van der Waals surface area (Å²) >= 11 is 1.35. The molecular formula is C14H19N3O2S. The Labute approximate surface area is 123 Å². The summed E-state index contributed by atoms with van der Waals surface area (Å²) in [6.45, 7) is 6.01. The number of ether oxygens (including phenoxy) is 2. The molecule has 1 aromatic carbocycles. The zero-order valence-electron chi connectivity index (χ0n) is 12.1. The van der Waals surface area contributed by atoms with Gasteiger partial charge in [0.1, 0.15) is 5.82 Å². The molecule has 1 heterocycles. The van der Waals surface area contributed by atoms with Crippen LogP contribution in [-0.4, -0.2) is 22.6 Å². The number of anilines is 2. The van der Waals surface area contributed by atoms with Crippen molar-refractivity contribution in [1.82, 2.24) is 9.36 Å². The smallest absolute Gasteiger partial charge is 0.207 e. The fourth-order valence-electron chi connectivity index (χ4n) is 1.67. The Bertz CT molecular complexity index is 569. The second-order valence-electron chi connectivity index (χ2n) is 4.53. The predicted octanol–water partition coefficient (Wildman–Crippen LogP) is 3.64. The summed E-state index contributed by atoms with van der Waals surface area (Å²) in [6, 6.07) is 5.72. The van der Waals surface area contributed by atoms with E-state index < -0.39 is 0 Å². The Balaban J connectivity index is 2.16. The summed E-state index contributed by atoms with van der Waals surface area (Å²) in [5.74, 6) is 2.28. The Morgan fingerprint density at radius 2 is 2.10 bits per heavy atom. The molecule has 0 aliphatic rings. The number of nitrogens with zero attached hydrogens (tertiary/aromatic N) is 2. The minimum absolute atomic E-state index is 0.109. The Morgan fingerprint density at radius 1 is 1.30 bits per heavy atom. The summed E-state index contributed by atoms with van der Waals surface area (Å²) in [7, 11) is 1.63. The predicted molar refractivity (Wildman–Crippen MR) is 81.3 cm³/mol. The van der Waals surface area contributed by atoms with Crippen molar-refractivity contribution in [3.05, 3.63) is 24.0 Å². The van der Waals surface area contributed by atoms with Crippen LogP contribution in [0.4, 0.5) is 10.8 Å². The van der Waals surface area contributed by atoms with E-state index in [4.69, 9.17) is 9.47 Å². The first kappa shape index (κ1) is 14.6. The summed E-state index contributed by atoms with van der Waals surface area (Å²) in [4.78, 5) is 4.37. The molecule has 2 rings (SSSR count). The summed E-state index contributed by atoms with van der Waals surface area (Å²) in [6.07, 6.45) is 0.945. The van der Waals surface area contributed by atoms with Crippen molar-refractivity contribution in [2.75, 3.05) is 12.4 Å². The van der Waals surface area contributed by atoms with Gasteiger partial charge in [-0.1, -0.05) is 6.92 Å². The number of hydrogen-bond acceptors (Lipinski definition) is 6. The van der Waals surface area contributed by atoms with Gasteiger partial charge in [0.2, 0.25) is 5.13 Å². The summed E-state index contributed by atoms with van der Waals surface area (Å²) in [5.41, 5.74) is 0.900. The molecule has 0 bridgehead atoms. The third-order valence-electron chi connectivity index (χ3n) is 2.56. The fourth-order valence-corrected chi connectivity index (χ4v) is 2.34. The molecule has 0 fully saturated rings. The van der Waals surface area contributed by atoms with Gasteiger partial charge in [0, 0.05) is 29.7 Å². The lowest BCUT2D eigenvalue weighted by molar-refractivity contribution is 0.230. The first-order valence-corrected chi connectivity index (χ1v) is 7.34. The minimum Gasteiger partial charge on any atom is -0.493 e. The van der Waals surface area contributed by atoms with E-state index in [-0.39, 0.29) is 6.10 Å². The second kappa shape index (κ2) is 6.56. The number of benzene rings is 1. The molecule has 0 unspecified atom stereocenters. The average molecular weight is 293 g/mol. The van der Waals surface area contributed by atoms with Gasteiger partial charge >= 0.3 is 0 Å². The quantitative estimate of drug-likeness (QED) is 0.881. The number of aryl methyl sites for hydroxylation is 1. The van der Waals surface area contributed by atoms with Crippen molar-refractivity contribution in [1.29, 1.82) is 0 Å². The van der Waals surface area contributed by atoms with Crippen LogP contribution in [-0.2, 0) is 6.42 Å². The van der Waals surface area contributed by atoms with Crippen LogP contribution in [0.25, 0.3) is 0 Å². The monoisotopic (exact) mass is 293 g/mol. The highest BCUT2D eigenvalue weighted by atomic mass is 32.1. The van der Waals surface area contributed by atoms with Crippen molar-refractivity contribution < 1.29 is 9.47 Å². The molecule has 2 aromatic rings. The molecule has 0 aliphatic carbocycles. The molecule has 6 heteroatoms. The Hall–Kier alpha value is -1.82. The Morgan fingerprint density at radius 3 is 2.70 bits per heavy atom. The van der Waals surface area contributed by atoms with Crippen LogP contribution >= 0.6 is 11.5 Å². The van der Waals surface area contributed by atoms with Gasteiger partial charge in [0.25, 0.3) is 0 Å². The summed E-state index contributed by atoms with van der Waals surface area (Å²) in [5, 5.41) is 4.00. The van der Waals surface area contributed by atoms with Crippen molar-refractivity contribution in [3.63, 3.8) is 0 Å². The van der Waals surface area contributed by atoms with Gasteiger partial charge in [-0.15, -0.1) is 0 Å². The molecule has 5 nitrogen and oxygen atoms in total. The molecule has 1 N–H and O–H groups in total. The van der Waals surface area contributed by atoms with Gasteiger partial charge < -0.3 is 14.8 Å². The van der Waals surface area contributed by atoms with Gasteiger partial charge in [-0.3, -0.25) is 0 Å². The normalized spacial score (nSPS) is 10.7. The third kappa shape index (κ3) is 3.60. The highest BCUT2D eigenvalue weighted by Crippen LogP contribution is 2.32. The van der Waals surface area contributed by atoms with E-state index in [9.17, 15) is 0 Å². The number of hydrogen-bond donors (Lipinski definition) is 1. The molecule has 0 spiro atoms. The third-order valence-corrected chi connectivity index (χ3v) is 3.23. The van der Waals surface area contributed by atoms with E-state index >= 15 is 0 Å². The van der Waals surface area contributed by atoms with Crippen LogP contribution in [0.3, 0.4) is 0 Å². The van der Waals surface area contributed by atoms with E-state index in [0.717, 1.165) is 28.8 Å². The highest BCUT2D eigenvalue weighted by molar-refractivity contribution is 7.09. The van der Waals surface area contributed by atoms with E-state index in [2.05, 4.69) is 14.7 Å². The van der Waals surface area contributed by atoms with Crippen molar-refractivity contribution >= 4 is 22.4 Å². The largest absolute Gasteiger partial charge is 0.493 e. The van der Waals surface area contributed by atoms with Gasteiger partial charge in [0.05, 0.1) is 13.2 Å². The number of methoxy groups -OCH3 is 1. The van der Waals surface area contributed by atoms with Crippen LogP contribution in [0.2, 0.25) is 0 Å². The number of rotatable bonds is 6. The fraction of sp³-hybridized carbons (Fsp3) is 0.429. The SMILES string of the molecule is CCc1nsc(Nc2ccc(OC(C)C)c(OC)c2)n1. The van der Waals surface area contributed by atoms with Gasteiger partial charge in [0.15, 0.2) is 11.5 Å². The van der Waals surface area contributed by atoms with E-state index in [1.54, 1.807) is 7.11 Å². The van der Waals surface area contributed by atoms with Crippen molar-refractivity contribution in [2.45, 2.75) is 33.3 Å². The molecule has 0 atom stereocenters. The average Bonchev–Trinajstić information content (AvgIpc) is 2.87. The van der Waals surface area contributed by atoms with Crippen LogP contribution in [0.1, 0.15) is 26.6 Å². The zero-order chi connectivity index (χ0) is 14.5. The molecule has 0 saturated heterocycles. The molecule has 0 amide bonds. The van der Waals surface area contributed by atoms with Crippen LogP contribution in [0.15, 0.2) is 18.2 Å². The lowest BCUT2D eigenvalue weighted by Crippen LogP contribution is -2.06. The molecule has 0 saturated carbocycles. The molecule has 1 aromatic heterocycles. The second-order valence-corrected chi connectivity index (χ2v) is 5.28. The van der Waals surface area contributed by atoms with E-state index in [1.165, 1.54) is 11.5 Å². The zero-order valence-corrected chi connectivity index (χ0v) is 13.0. The topological polar surface area (TPSA) is 56.3 Å². The maximum atomic E-state index is 5.68. The maximum Gasteiger partial charge on any atom is 0.207 e.